The Morgan fingerprint density at radius 1 is 1.60 bits per heavy atom. The van der Waals surface area contributed by atoms with Gasteiger partial charge in [0.1, 0.15) is 5.69 Å². The summed E-state index contributed by atoms with van der Waals surface area (Å²) in [6.07, 6.45) is 6.19. The van der Waals surface area contributed by atoms with Gasteiger partial charge in [-0.3, -0.25) is 4.79 Å². The van der Waals surface area contributed by atoms with Crippen molar-refractivity contribution in [2.75, 3.05) is 11.9 Å². The van der Waals surface area contributed by atoms with E-state index in [0.717, 1.165) is 19.3 Å². The number of hydrogen-bond acceptors (Lipinski definition) is 4. The molecule has 6 heteroatoms. The molecule has 1 atom stereocenters. The van der Waals surface area contributed by atoms with E-state index in [-0.39, 0.29) is 5.56 Å². The Bertz CT molecular complexity index is 500. The molecule has 0 aromatic carbocycles. The molecule has 1 saturated carbocycles. The van der Waals surface area contributed by atoms with Crippen LogP contribution < -0.4 is 10.9 Å². The Morgan fingerprint density at radius 2 is 2.35 bits per heavy atom. The largest absolute Gasteiger partial charge is 0.391 e. The lowest BCUT2D eigenvalue weighted by Crippen LogP contribution is -2.32. The summed E-state index contributed by atoms with van der Waals surface area (Å²) in [5, 5.41) is 17.1. The van der Waals surface area contributed by atoms with Crippen molar-refractivity contribution in [3.63, 3.8) is 0 Å². The van der Waals surface area contributed by atoms with Gasteiger partial charge in [-0.2, -0.15) is 5.10 Å². The normalized spacial score (nSPS) is 16.8. The Balaban J connectivity index is 2.06. The van der Waals surface area contributed by atoms with E-state index in [1.54, 1.807) is 0 Å². The number of hydrogen-bond donors (Lipinski definition) is 2. The van der Waals surface area contributed by atoms with Gasteiger partial charge in [0.05, 0.1) is 17.3 Å². The number of halogens is 1. The molecule has 0 saturated heterocycles. The molecule has 2 rings (SSSR count). The van der Waals surface area contributed by atoms with Gasteiger partial charge in [-0.15, -0.1) is 0 Å². The first kappa shape index (κ1) is 15.3. The van der Waals surface area contributed by atoms with Gasteiger partial charge in [0.25, 0.3) is 5.56 Å². The average Bonchev–Trinajstić information content (AvgIpc) is 2.36. The number of aliphatic hydroxyl groups is 1. The quantitative estimate of drug-likeness (QED) is 0.810. The van der Waals surface area contributed by atoms with Crippen molar-refractivity contribution < 1.29 is 5.11 Å². The summed E-state index contributed by atoms with van der Waals surface area (Å²) in [5.74, 6) is 0.555. The number of nitrogens with one attached hydrogen (secondary N) is 1. The molecule has 112 valence electrons. The summed E-state index contributed by atoms with van der Waals surface area (Å²) >= 11 is 6.03. The van der Waals surface area contributed by atoms with E-state index in [2.05, 4.69) is 10.4 Å². The Kier molecular flexibility index (Phi) is 5.43. The summed E-state index contributed by atoms with van der Waals surface area (Å²) in [6, 6.07) is 0. The van der Waals surface area contributed by atoms with Gasteiger partial charge in [0, 0.05) is 13.1 Å². The lowest BCUT2D eigenvalue weighted by Gasteiger charge is -2.25. The number of nitrogens with zero attached hydrogens (tertiary/aromatic N) is 2. The van der Waals surface area contributed by atoms with Crippen LogP contribution in [-0.2, 0) is 6.54 Å². The fourth-order valence-electron chi connectivity index (χ4n) is 2.33. The van der Waals surface area contributed by atoms with Crippen LogP contribution in [0.15, 0.2) is 11.0 Å². The smallest absolute Gasteiger partial charge is 0.291 e. The van der Waals surface area contributed by atoms with Crippen LogP contribution in [0, 0.1) is 5.92 Å². The molecule has 1 aromatic heterocycles. The molecular formula is C14H22ClN3O2. The van der Waals surface area contributed by atoms with Crippen molar-refractivity contribution in [1.82, 2.24) is 9.78 Å². The minimum atomic E-state index is -0.469. The SMILES string of the molecule is CCCC(O)CNc1c(Cl)cnn(CC2CCC2)c1=O. The maximum absolute atomic E-state index is 12.3. The Labute approximate surface area is 124 Å². The van der Waals surface area contributed by atoms with Gasteiger partial charge in [-0.05, 0) is 25.2 Å². The molecule has 1 aromatic rings. The summed E-state index contributed by atoms with van der Waals surface area (Å²) in [7, 11) is 0. The highest BCUT2D eigenvalue weighted by molar-refractivity contribution is 6.32. The van der Waals surface area contributed by atoms with Gasteiger partial charge in [0.15, 0.2) is 0 Å². The lowest BCUT2D eigenvalue weighted by atomic mass is 9.85. The summed E-state index contributed by atoms with van der Waals surface area (Å²) in [4.78, 5) is 12.3. The molecule has 1 aliphatic rings. The maximum atomic E-state index is 12.3. The molecule has 0 radical (unpaired) electrons. The fourth-order valence-corrected chi connectivity index (χ4v) is 2.53. The fraction of sp³-hybridized carbons (Fsp3) is 0.714. The third kappa shape index (κ3) is 3.73. The lowest BCUT2D eigenvalue weighted by molar-refractivity contribution is 0.176. The third-order valence-electron chi connectivity index (χ3n) is 3.79. The number of aliphatic hydroxyl groups excluding tert-OH is 1. The van der Waals surface area contributed by atoms with Gasteiger partial charge >= 0.3 is 0 Å². The van der Waals surface area contributed by atoms with Gasteiger partial charge in [-0.25, -0.2) is 4.68 Å². The van der Waals surface area contributed by atoms with Crippen molar-refractivity contribution in [1.29, 1.82) is 0 Å². The van der Waals surface area contributed by atoms with Crippen LogP contribution in [0.25, 0.3) is 0 Å². The molecule has 1 aliphatic carbocycles. The van der Waals surface area contributed by atoms with E-state index in [4.69, 9.17) is 11.6 Å². The van der Waals surface area contributed by atoms with Crippen LogP contribution in [-0.4, -0.2) is 27.5 Å². The van der Waals surface area contributed by atoms with Crippen LogP contribution in [0.4, 0.5) is 5.69 Å². The van der Waals surface area contributed by atoms with Crippen molar-refractivity contribution in [2.24, 2.45) is 5.92 Å². The zero-order valence-electron chi connectivity index (χ0n) is 11.8. The molecule has 1 unspecified atom stereocenters. The standard InChI is InChI=1S/C14H22ClN3O2/c1-2-4-11(19)7-16-13-12(15)8-17-18(14(13)20)9-10-5-3-6-10/h8,10-11,16,19H,2-7,9H2,1H3. The number of rotatable bonds is 7. The maximum Gasteiger partial charge on any atom is 0.291 e. The average molecular weight is 300 g/mol. The highest BCUT2D eigenvalue weighted by atomic mass is 35.5. The van der Waals surface area contributed by atoms with E-state index >= 15 is 0 Å². The van der Waals surface area contributed by atoms with Crippen LogP contribution in [0.5, 0.6) is 0 Å². The topological polar surface area (TPSA) is 67.2 Å². The monoisotopic (exact) mass is 299 g/mol. The van der Waals surface area contributed by atoms with Crippen molar-refractivity contribution in [3.05, 3.63) is 21.6 Å². The highest BCUT2D eigenvalue weighted by Crippen LogP contribution is 2.27. The summed E-state index contributed by atoms with van der Waals surface area (Å²) in [6.45, 7) is 2.99. The van der Waals surface area contributed by atoms with E-state index in [0.29, 0.717) is 36.1 Å². The summed E-state index contributed by atoms with van der Waals surface area (Å²) in [5.41, 5.74) is 0.143. The predicted octanol–water partition coefficient (Wildman–Crippen LogP) is 2.27. The Morgan fingerprint density at radius 3 is 2.95 bits per heavy atom. The first-order valence-corrected chi connectivity index (χ1v) is 7.67. The zero-order valence-corrected chi connectivity index (χ0v) is 12.6. The van der Waals surface area contributed by atoms with Crippen LogP contribution >= 0.6 is 11.6 Å². The van der Waals surface area contributed by atoms with E-state index in [1.165, 1.54) is 17.3 Å². The molecule has 0 bridgehead atoms. The van der Waals surface area contributed by atoms with Crippen molar-refractivity contribution in [2.45, 2.75) is 51.7 Å². The molecule has 0 amide bonds. The van der Waals surface area contributed by atoms with E-state index < -0.39 is 6.10 Å². The van der Waals surface area contributed by atoms with Crippen molar-refractivity contribution >= 4 is 17.3 Å². The minimum absolute atomic E-state index is 0.201. The van der Waals surface area contributed by atoms with Crippen molar-refractivity contribution in [3.8, 4) is 0 Å². The molecule has 2 N–H and O–H groups in total. The second-order valence-corrected chi connectivity index (χ2v) is 5.88. The van der Waals surface area contributed by atoms with Gasteiger partial charge < -0.3 is 10.4 Å². The van der Waals surface area contributed by atoms with Crippen LogP contribution in [0.1, 0.15) is 39.0 Å². The second-order valence-electron chi connectivity index (χ2n) is 5.48. The molecule has 0 aliphatic heterocycles. The van der Waals surface area contributed by atoms with Crippen LogP contribution in [0.3, 0.4) is 0 Å². The minimum Gasteiger partial charge on any atom is -0.391 e. The predicted molar refractivity (Wildman–Crippen MR) is 80.3 cm³/mol. The molecule has 5 nitrogen and oxygen atoms in total. The third-order valence-corrected chi connectivity index (χ3v) is 4.08. The number of anilines is 1. The highest BCUT2D eigenvalue weighted by Gasteiger charge is 2.20. The Hall–Kier alpha value is -1.07. The van der Waals surface area contributed by atoms with Crippen LogP contribution in [0.2, 0.25) is 5.02 Å². The molecule has 20 heavy (non-hydrogen) atoms. The zero-order chi connectivity index (χ0) is 14.5. The molecule has 1 heterocycles. The van der Waals surface area contributed by atoms with Gasteiger partial charge in [0.2, 0.25) is 0 Å². The van der Waals surface area contributed by atoms with E-state index in [1.807, 2.05) is 6.92 Å². The van der Waals surface area contributed by atoms with Gasteiger partial charge in [-0.1, -0.05) is 31.4 Å². The number of aromatic nitrogens is 2. The van der Waals surface area contributed by atoms with E-state index in [9.17, 15) is 9.90 Å². The molecule has 1 fully saturated rings. The second kappa shape index (κ2) is 7.09. The first-order chi connectivity index (χ1) is 9.61. The molecule has 0 spiro atoms. The summed E-state index contributed by atoms with van der Waals surface area (Å²) < 4.78 is 1.48. The molecular weight excluding hydrogens is 278 g/mol. The first-order valence-electron chi connectivity index (χ1n) is 7.29.